The van der Waals surface area contributed by atoms with Crippen molar-refractivity contribution in [3.63, 3.8) is 0 Å². The topological polar surface area (TPSA) is 0 Å². The molecule has 36 heavy (non-hydrogen) atoms. The summed E-state index contributed by atoms with van der Waals surface area (Å²) in [6.07, 6.45) is 0.907. The number of hydrogen-bond donors (Lipinski definition) is 0. The van der Waals surface area contributed by atoms with Crippen molar-refractivity contribution < 1.29 is 0 Å². The molecular formula is C36H26. The standard InChI is InChI=1S/C36H26/c1-3-15-29(16-4-1)36(30-17-5-2-6-18-30)34-21-10-9-20-32(34)33-23-22-26(25-35(33)36)24-28-14-11-13-27-12-7-8-19-31(27)28/h1-23,25H,24H2. The van der Waals surface area contributed by atoms with Crippen LogP contribution in [0.5, 0.6) is 0 Å². The summed E-state index contributed by atoms with van der Waals surface area (Å²) in [4.78, 5) is 0. The maximum Gasteiger partial charge on any atom is 0.0713 e. The van der Waals surface area contributed by atoms with Crippen LogP contribution in [0.1, 0.15) is 33.4 Å². The van der Waals surface area contributed by atoms with Gasteiger partial charge in [-0.15, -0.1) is 0 Å². The Morgan fingerprint density at radius 1 is 0.444 bits per heavy atom. The van der Waals surface area contributed by atoms with E-state index in [1.165, 1.54) is 55.3 Å². The minimum absolute atomic E-state index is 0.344. The second kappa shape index (κ2) is 8.36. The highest BCUT2D eigenvalue weighted by atomic mass is 14.5. The van der Waals surface area contributed by atoms with Gasteiger partial charge in [0, 0.05) is 0 Å². The molecule has 0 fully saturated rings. The highest BCUT2D eigenvalue weighted by Crippen LogP contribution is 2.56. The zero-order valence-electron chi connectivity index (χ0n) is 20.1. The number of fused-ring (bicyclic) bond motifs is 4. The molecule has 0 aliphatic heterocycles. The van der Waals surface area contributed by atoms with Crippen molar-refractivity contribution in [3.8, 4) is 11.1 Å². The molecule has 0 bridgehead atoms. The van der Waals surface area contributed by atoms with Gasteiger partial charge in [-0.2, -0.15) is 0 Å². The molecule has 170 valence electrons. The van der Waals surface area contributed by atoms with Crippen LogP contribution in [0, 0.1) is 0 Å². The largest absolute Gasteiger partial charge is 0.0713 e. The summed E-state index contributed by atoms with van der Waals surface area (Å²) in [5.41, 5.74) is 10.4. The van der Waals surface area contributed by atoms with E-state index < -0.39 is 0 Å². The summed E-state index contributed by atoms with van der Waals surface area (Å²) in [6, 6.07) is 53.5. The van der Waals surface area contributed by atoms with Crippen LogP contribution >= 0.6 is 0 Å². The van der Waals surface area contributed by atoms with Crippen molar-refractivity contribution in [3.05, 3.63) is 179 Å². The molecule has 0 nitrogen and oxygen atoms in total. The SMILES string of the molecule is c1ccc(C2(c3ccccc3)c3ccccc3-c3ccc(Cc4cccc5ccccc45)cc32)cc1. The molecular weight excluding hydrogens is 432 g/mol. The highest BCUT2D eigenvalue weighted by Gasteiger charge is 2.45. The molecule has 0 unspecified atom stereocenters. The molecule has 0 spiro atoms. The Bertz CT molecular complexity index is 1650. The molecule has 7 rings (SSSR count). The Hall–Kier alpha value is -4.42. The maximum atomic E-state index is 2.47. The van der Waals surface area contributed by atoms with Crippen LogP contribution in [0.3, 0.4) is 0 Å². The number of benzene rings is 6. The zero-order valence-corrected chi connectivity index (χ0v) is 20.1. The van der Waals surface area contributed by atoms with Gasteiger partial charge in [-0.25, -0.2) is 0 Å². The van der Waals surface area contributed by atoms with E-state index in [9.17, 15) is 0 Å². The minimum atomic E-state index is -0.344. The fourth-order valence-corrected chi connectivity index (χ4v) is 6.27. The molecule has 0 saturated heterocycles. The molecule has 0 heteroatoms. The van der Waals surface area contributed by atoms with Crippen LogP contribution in [-0.2, 0) is 11.8 Å². The van der Waals surface area contributed by atoms with Gasteiger partial charge in [0.25, 0.3) is 0 Å². The zero-order chi connectivity index (χ0) is 24.0. The van der Waals surface area contributed by atoms with Gasteiger partial charge in [0.05, 0.1) is 5.41 Å². The van der Waals surface area contributed by atoms with Gasteiger partial charge >= 0.3 is 0 Å². The molecule has 1 aliphatic rings. The van der Waals surface area contributed by atoms with Gasteiger partial charge in [0.2, 0.25) is 0 Å². The van der Waals surface area contributed by atoms with E-state index in [1.807, 2.05) is 0 Å². The van der Waals surface area contributed by atoms with Gasteiger partial charge in [-0.05, 0) is 61.7 Å². The van der Waals surface area contributed by atoms with Gasteiger partial charge in [-0.1, -0.05) is 146 Å². The predicted octanol–water partition coefficient (Wildman–Crippen LogP) is 8.79. The van der Waals surface area contributed by atoms with E-state index in [1.54, 1.807) is 0 Å². The van der Waals surface area contributed by atoms with Gasteiger partial charge in [0.1, 0.15) is 0 Å². The fourth-order valence-electron chi connectivity index (χ4n) is 6.27. The van der Waals surface area contributed by atoms with E-state index in [4.69, 9.17) is 0 Å². The summed E-state index contributed by atoms with van der Waals surface area (Å²) in [5.74, 6) is 0. The highest BCUT2D eigenvalue weighted by molar-refractivity contribution is 5.88. The van der Waals surface area contributed by atoms with Crippen molar-refractivity contribution in [2.45, 2.75) is 11.8 Å². The third kappa shape index (κ3) is 3.08. The first kappa shape index (κ1) is 20.9. The summed E-state index contributed by atoms with van der Waals surface area (Å²) in [5, 5.41) is 2.63. The first-order valence-electron chi connectivity index (χ1n) is 12.7. The molecule has 0 heterocycles. The lowest BCUT2D eigenvalue weighted by Crippen LogP contribution is -2.28. The Kier molecular flexibility index (Phi) is 4.85. The Morgan fingerprint density at radius 3 is 1.83 bits per heavy atom. The summed E-state index contributed by atoms with van der Waals surface area (Å²) in [6.45, 7) is 0. The van der Waals surface area contributed by atoms with E-state index in [2.05, 4.69) is 146 Å². The second-order valence-corrected chi connectivity index (χ2v) is 9.72. The fraction of sp³-hybridized carbons (Fsp3) is 0.0556. The van der Waals surface area contributed by atoms with Gasteiger partial charge < -0.3 is 0 Å². The van der Waals surface area contributed by atoms with Crippen molar-refractivity contribution in [2.75, 3.05) is 0 Å². The van der Waals surface area contributed by atoms with Crippen LogP contribution in [0.25, 0.3) is 21.9 Å². The number of hydrogen-bond acceptors (Lipinski definition) is 0. The average molecular weight is 459 g/mol. The quantitative estimate of drug-likeness (QED) is 0.247. The molecule has 0 N–H and O–H groups in total. The van der Waals surface area contributed by atoms with Crippen LogP contribution in [0.2, 0.25) is 0 Å². The van der Waals surface area contributed by atoms with Crippen LogP contribution < -0.4 is 0 Å². The lowest BCUT2D eigenvalue weighted by molar-refractivity contribution is 0.767. The molecule has 1 aliphatic carbocycles. The van der Waals surface area contributed by atoms with Crippen molar-refractivity contribution >= 4 is 10.8 Å². The lowest BCUT2D eigenvalue weighted by atomic mass is 9.67. The molecule has 0 saturated carbocycles. The predicted molar refractivity (Wildman–Crippen MR) is 150 cm³/mol. The summed E-state index contributed by atoms with van der Waals surface area (Å²) < 4.78 is 0. The first-order chi connectivity index (χ1) is 17.9. The van der Waals surface area contributed by atoms with Crippen LogP contribution in [0.4, 0.5) is 0 Å². The maximum absolute atomic E-state index is 2.47. The Morgan fingerprint density at radius 2 is 1.06 bits per heavy atom. The Balaban J connectivity index is 1.49. The minimum Gasteiger partial charge on any atom is -0.0622 e. The number of rotatable bonds is 4. The summed E-state index contributed by atoms with van der Waals surface area (Å²) in [7, 11) is 0. The normalized spacial score (nSPS) is 13.3. The molecule has 0 amide bonds. The van der Waals surface area contributed by atoms with E-state index in [0.29, 0.717) is 0 Å². The Labute approximate surface area is 212 Å². The molecule has 6 aromatic rings. The monoisotopic (exact) mass is 458 g/mol. The molecule has 0 aromatic heterocycles. The third-order valence-electron chi connectivity index (χ3n) is 7.80. The molecule has 0 atom stereocenters. The van der Waals surface area contributed by atoms with E-state index >= 15 is 0 Å². The van der Waals surface area contributed by atoms with Crippen molar-refractivity contribution in [2.24, 2.45) is 0 Å². The van der Waals surface area contributed by atoms with Crippen LogP contribution in [-0.4, -0.2) is 0 Å². The van der Waals surface area contributed by atoms with Crippen molar-refractivity contribution in [1.82, 2.24) is 0 Å². The van der Waals surface area contributed by atoms with Gasteiger partial charge in [-0.3, -0.25) is 0 Å². The van der Waals surface area contributed by atoms with E-state index in [0.717, 1.165) is 6.42 Å². The van der Waals surface area contributed by atoms with Gasteiger partial charge in [0.15, 0.2) is 0 Å². The lowest BCUT2D eigenvalue weighted by Gasteiger charge is -2.34. The molecule has 6 aromatic carbocycles. The first-order valence-corrected chi connectivity index (χ1v) is 12.7. The summed E-state index contributed by atoms with van der Waals surface area (Å²) >= 11 is 0. The van der Waals surface area contributed by atoms with E-state index in [-0.39, 0.29) is 5.41 Å². The van der Waals surface area contributed by atoms with Crippen LogP contribution in [0.15, 0.2) is 146 Å². The smallest absolute Gasteiger partial charge is 0.0622 e. The molecule has 0 radical (unpaired) electrons. The second-order valence-electron chi connectivity index (χ2n) is 9.72. The van der Waals surface area contributed by atoms with Crippen molar-refractivity contribution in [1.29, 1.82) is 0 Å². The average Bonchev–Trinajstić information content (AvgIpc) is 3.25. The third-order valence-corrected chi connectivity index (χ3v) is 7.80.